The fourth-order valence-electron chi connectivity index (χ4n) is 4.16. The fraction of sp³-hybridized carbons (Fsp3) is 0.304. The fourth-order valence-corrected chi connectivity index (χ4v) is 4.29. The number of carbonyl (C=O) groups is 2. The highest BCUT2D eigenvalue weighted by Crippen LogP contribution is 2.36. The van der Waals surface area contributed by atoms with Crippen LogP contribution in [0.4, 0.5) is 0 Å². The molecule has 1 aliphatic rings. The van der Waals surface area contributed by atoms with Gasteiger partial charge >= 0.3 is 0 Å². The molecule has 0 saturated heterocycles. The van der Waals surface area contributed by atoms with Gasteiger partial charge in [0.25, 0.3) is 5.91 Å². The largest absolute Gasteiger partial charge is 0.383 e. The molecule has 0 aliphatic heterocycles. The van der Waals surface area contributed by atoms with E-state index in [4.69, 9.17) is 22.1 Å². The Hall–Kier alpha value is -2.83. The van der Waals surface area contributed by atoms with Crippen molar-refractivity contribution in [2.45, 2.75) is 19.3 Å². The molecule has 0 spiro atoms. The number of H-pyrrole nitrogens is 1. The lowest BCUT2D eigenvalue weighted by atomic mass is 9.85. The van der Waals surface area contributed by atoms with E-state index in [9.17, 15) is 9.59 Å². The first kappa shape index (κ1) is 20.4. The van der Waals surface area contributed by atoms with Gasteiger partial charge in [-0.25, -0.2) is 0 Å². The Kier molecular flexibility index (Phi) is 5.79. The first-order valence-corrected chi connectivity index (χ1v) is 10.4. The van der Waals surface area contributed by atoms with Crippen LogP contribution in [0.3, 0.4) is 0 Å². The lowest BCUT2D eigenvalue weighted by molar-refractivity contribution is -0.125. The quantitative estimate of drug-likeness (QED) is 0.527. The van der Waals surface area contributed by atoms with Crippen molar-refractivity contribution in [3.05, 3.63) is 58.2 Å². The molecule has 6 nitrogen and oxygen atoms in total. The summed E-state index contributed by atoms with van der Waals surface area (Å²) in [6.45, 7) is 0.988. The molecule has 0 saturated carbocycles. The topological polar surface area (TPSA) is 97.2 Å². The minimum atomic E-state index is -0.483. The van der Waals surface area contributed by atoms with Crippen LogP contribution in [0.25, 0.3) is 22.0 Å². The monoisotopic (exact) mass is 425 g/mol. The smallest absolute Gasteiger partial charge is 0.250 e. The number of hydrogen-bond donors (Lipinski definition) is 3. The molecule has 1 aromatic heterocycles. The Balaban J connectivity index is 1.74. The summed E-state index contributed by atoms with van der Waals surface area (Å²) in [7, 11) is 1.61. The van der Waals surface area contributed by atoms with Crippen molar-refractivity contribution in [1.29, 1.82) is 0 Å². The number of nitrogens with one attached hydrogen (secondary N) is 2. The molecule has 2 aromatic carbocycles. The van der Waals surface area contributed by atoms with Crippen molar-refractivity contribution in [2.75, 3.05) is 20.3 Å². The highest BCUT2D eigenvalue weighted by molar-refractivity contribution is 6.30. The van der Waals surface area contributed by atoms with Gasteiger partial charge in [0.2, 0.25) is 5.91 Å². The summed E-state index contributed by atoms with van der Waals surface area (Å²) in [6, 6.07) is 11.3. The van der Waals surface area contributed by atoms with Gasteiger partial charge in [0.15, 0.2) is 0 Å². The van der Waals surface area contributed by atoms with Gasteiger partial charge in [-0.15, -0.1) is 0 Å². The number of nitrogens with two attached hydrogens (primary N) is 1. The number of methoxy groups -OCH3 is 1. The minimum absolute atomic E-state index is 0.0380. The number of primary amides is 1. The Morgan fingerprint density at radius 3 is 2.70 bits per heavy atom. The van der Waals surface area contributed by atoms with Gasteiger partial charge in [-0.3, -0.25) is 9.59 Å². The first-order valence-electron chi connectivity index (χ1n) is 9.97. The van der Waals surface area contributed by atoms with Crippen LogP contribution in [0, 0.1) is 5.92 Å². The summed E-state index contributed by atoms with van der Waals surface area (Å²) in [4.78, 5) is 28.2. The average molecular weight is 426 g/mol. The summed E-state index contributed by atoms with van der Waals surface area (Å²) in [5.41, 5.74) is 10.9. The normalized spacial score (nSPS) is 15.7. The summed E-state index contributed by atoms with van der Waals surface area (Å²) in [5.74, 6) is -0.552. The molecule has 0 radical (unpaired) electrons. The van der Waals surface area contributed by atoms with E-state index >= 15 is 0 Å². The molecule has 30 heavy (non-hydrogen) atoms. The molecule has 7 heteroatoms. The second-order valence-corrected chi connectivity index (χ2v) is 8.06. The highest BCUT2D eigenvalue weighted by atomic mass is 35.5. The number of benzene rings is 2. The van der Waals surface area contributed by atoms with Crippen LogP contribution in [0.15, 0.2) is 36.4 Å². The van der Waals surface area contributed by atoms with Crippen LogP contribution >= 0.6 is 11.6 Å². The number of carbonyl (C=O) groups excluding carboxylic acids is 2. The van der Waals surface area contributed by atoms with E-state index in [2.05, 4.69) is 16.4 Å². The summed E-state index contributed by atoms with van der Waals surface area (Å²) >= 11 is 6.02. The van der Waals surface area contributed by atoms with Gasteiger partial charge in [0.05, 0.1) is 17.7 Å². The third-order valence-electron chi connectivity index (χ3n) is 5.72. The summed E-state index contributed by atoms with van der Waals surface area (Å²) < 4.78 is 5.01. The predicted octanol–water partition coefficient (Wildman–Crippen LogP) is 3.45. The Bertz CT molecular complexity index is 1110. The van der Waals surface area contributed by atoms with Crippen LogP contribution in [0.2, 0.25) is 5.02 Å². The number of halogens is 1. The zero-order valence-electron chi connectivity index (χ0n) is 16.8. The lowest BCUT2D eigenvalue weighted by Crippen LogP contribution is -2.35. The molecule has 0 fully saturated rings. The van der Waals surface area contributed by atoms with E-state index in [1.807, 2.05) is 30.3 Å². The van der Waals surface area contributed by atoms with Gasteiger partial charge in [0, 0.05) is 35.7 Å². The Labute approximate surface area is 179 Å². The van der Waals surface area contributed by atoms with E-state index in [0.717, 1.165) is 46.1 Å². The molecule has 1 aliphatic carbocycles. The Morgan fingerprint density at radius 1 is 1.23 bits per heavy atom. The molecule has 2 amide bonds. The maximum atomic E-state index is 12.6. The number of aromatic amines is 1. The third-order valence-corrected chi connectivity index (χ3v) is 5.97. The van der Waals surface area contributed by atoms with Crippen molar-refractivity contribution in [1.82, 2.24) is 10.3 Å². The standard InChI is InChI=1S/C23H24ClN3O3/c1-30-9-8-26-23(29)14-4-7-20-17(10-14)18-11-15(13-2-5-16(24)6-3-13)12-19(22(25)28)21(18)27-20/h2-3,5-6,11-12,14,27H,4,7-10H2,1H3,(H2,25,28)(H,26,29). The van der Waals surface area contributed by atoms with Crippen LogP contribution in [-0.2, 0) is 22.4 Å². The SMILES string of the molecule is COCCNC(=O)C1CCc2[nH]c3c(C(N)=O)cc(-c4ccc(Cl)cc4)cc3c2C1. The van der Waals surface area contributed by atoms with Crippen molar-refractivity contribution in [2.24, 2.45) is 11.7 Å². The predicted molar refractivity (Wildman–Crippen MR) is 118 cm³/mol. The van der Waals surface area contributed by atoms with E-state index < -0.39 is 5.91 Å². The molecule has 4 N–H and O–H groups in total. The number of ether oxygens (including phenoxy) is 1. The van der Waals surface area contributed by atoms with Gasteiger partial charge in [0.1, 0.15) is 0 Å². The molecule has 1 atom stereocenters. The minimum Gasteiger partial charge on any atom is -0.383 e. The van der Waals surface area contributed by atoms with Gasteiger partial charge in [-0.05, 0) is 60.2 Å². The molecular formula is C23H24ClN3O3. The molecule has 3 aromatic rings. The number of amides is 2. The maximum absolute atomic E-state index is 12.6. The van der Waals surface area contributed by atoms with Crippen molar-refractivity contribution >= 4 is 34.3 Å². The van der Waals surface area contributed by atoms with Crippen molar-refractivity contribution in [3.8, 4) is 11.1 Å². The molecule has 0 bridgehead atoms. The summed E-state index contributed by atoms with van der Waals surface area (Å²) in [6.07, 6.45) is 2.13. The van der Waals surface area contributed by atoms with Gasteiger partial charge in [-0.1, -0.05) is 23.7 Å². The highest BCUT2D eigenvalue weighted by Gasteiger charge is 2.28. The van der Waals surface area contributed by atoms with Gasteiger partial charge < -0.3 is 20.8 Å². The molecule has 1 unspecified atom stereocenters. The lowest BCUT2D eigenvalue weighted by Gasteiger charge is -2.22. The van der Waals surface area contributed by atoms with Crippen molar-refractivity contribution < 1.29 is 14.3 Å². The van der Waals surface area contributed by atoms with Crippen LogP contribution in [0.1, 0.15) is 28.0 Å². The van der Waals surface area contributed by atoms with Crippen LogP contribution < -0.4 is 11.1 Å². The van der Waals surface area contributed by atoms with E-state index in [1.54, 1.807) is 7.11 Å². The van der Waals surface area contributed by atoms with Crippen molar-refractivity contribution in [3.63, 3.8) is 0 Å². The second kappa shape index (κ2) is 8.50. The maximum Gasteiger partial charge on any atom is 0.250 e. The number of aryl methyl sites for hydroxylation is 1. The van der Waals surface area contributed by atoms with Crippen LogP contribution in [0.5, 0.6) is 0 Å². The molecular weight excluding hydrogens is 402 g/mol. The number of hydrogen-bond acceptors (Lipinski definition) is 3. The summed E-state index contributed by atoms with van der Waals surface area (Å²) in [5, 5.41) is 4.53. The number of rotatable bonds is 6. The molecule has 156 valence electrons. The molecule has 4 rings (SSSR count). The zero-order valence-corrected chi connectivity index (χ0v) is 17.5. The van der Waals surface area contributed by atoms with Gasteiger partial charge in [-0.2, -0.15) is 0 Å². The zero-order chi connectivity index (χ0) is 21.3. The number of fused-ring (bicyclic) bond motifs is 3. The van der Waals surface area contributed by atoms with E-state index in [-0.39, 0.29) is 11.8 Å². The van der Waals surface area contributed by atoms with E-state index in [1.165, 1.54) is 0 Å². The average Bonchev–Trinajstić information content (AvgIpc) is 3.11. The van der Waals surface area contributed by atoms with Crippen LogP contribution in [-0.4, -0.2) is 37.1 Å². The molecule has 1 heterocycles. The second-order valence-electron chi connectivity index (χ2n) is 7.62. The number of aromatic nitrogens is 1. The van der Waals surface area contributed by atoms with E-state index in [0.29, 0.717) is 30.2 Å². The first-order chi connectivity index (χ1) is 14.5. The Morgan fingerprint density at radius 2 is 2.00 bits per heavy atom. The third kappa shape index (κ3) is 3.93.